The van der Waals surface area contributed by atoms with E-state index < -0.39 is 5.54 Å². The molecule has 1 heterocycles. The third-order valence-electron chi connectivity index (χ3n) is 3.28. The van der Waals surface area contributed by atoms with Crippen LogP contribution in [0.5, 0.6) is 0 Å². The Balaban J connectivity index is 1.97. The highest BCUT2D eigenvalue weighted by molar-refractivity contribution is 14.1. The summed E-state index contributed by atoms with van der Waals surface area (Å²) in [5.74, 6) is 0.659. The zero-order valence-corrected chi connectivity index (χ0v) is 11.6. The van der Waals surface area contributed by atoms with Crippen molar-refractivity contribution < 1.29 is 8.91 Å². The monoisotopic (exact) mass is 359 g/mol. The highest BCUT2D eigenvalue weighted by atomic mass is 127. The molecule has 0 radical (unpaired) electrons. The molecule has 4 nitrogen and oxygen atoms in total. The van der Waals surface area contributed by atoms with Gasteiger partial charge in [-0.1, -0.05) is 5.16 Å². The summed E-state index contributed by atoms with van der Waals surface area (Å²) in [5, 5.41) is 3.94. The van der Waals surface area contributed by atoms with Crippen LogP contribution in [0.4, 0.5) is 4.39 Å². The molecular formula is C12H11FIN3O. The molecular weight excluding hydrogens is 348 g/mol. The molecule has 0 aliphatic heterocycles. The molecule has 0 saturated heterocycles. The summed E-state index contributed by atoms with van der Waals surface area (Å²) in [7, 11) is 0. The quantitative estimate of drug-likeness (QED) is 0.838. The van der Waals surface area contributed by atoms with Gasteiger partial charge in [0.15, 0.2) is 5.82 Å². The first-order valence-corrected chi connectivity index (χ1v) is 6.75. The van der Waals surface area contributed by atoms with E-state index in [2.05, 4.69) is 10.1 Å². The molecule has 1 aliphatic carbocycles. The van der Waals surface area contributed by atoms with Crippen molar-refractivity contribution in [3.05, 3.63) is 33.4 Å². The van der Waals surface area contributed by atoms with Gasteiger partial charge in [0.25, 0.3) is 5.89 Å². The summed E-state index contributed by atoms with van der Waals surface area (Å²) < 4.78 is 19.0. The lowest BCUT2D eigenvalue weighted by Gasteiger charge is -2.34. The fraction of sp³-hybridized carbons (Fsp3) is 0.333. The van der Waals surface area contributed by atoms with Crippen LogP contribution < -0.4 is 5.73 Å². The largest absolute Gasteiger partial charge is 0.334 e. The zero-order valence-electron chi connectivity index (χ0n) is 9.49. The van der Waals surface area contributed by atoms with Crippen molar-refractivity contribution in [1.82, 2.24) is 10.1 Å². The fourth-order valence-corrected chi connectivity index (χ4v) is 2.69. The molecule has 0 bridgehead atoms. The van der Waals surface area contributed by atoms with Gasteiger partial charge in [0.1, 0.15) is 5.82 Å². The lowest BCUT2D eigenvalue weighted by Crippen LogP contribution is -2.44. The highest BCUT2D eigenvalue weighted by Gasteiger charge is 2.39. The van der Waals surface area contributed by atoms with E-state index in [1.807, 2.05) is 22.6 Å². The lowest BCUT2D eigenvalue weighted by molar-refractivity contribution is 0.229. The highest BCUT2D eigenvalue weighted by Crippen LogP contribution is 2.38. The SMILES string of the molecule is NC1(c2noc(-c3ccc(F)cc3I)n2)CCC1. The molecule has 2 N–H and O–H groups in total. The second-order valence-corrected chi connectivity index (χ2v) is 5.72. The van der Waals surface area contributed by atoms with E-state index in [0.29, 0.717) is 11.7 Å². The first-order valence-electron chi connectivity index (χ1n) is 5.67. The fourth-order valence-electron chi connectivity index (χ4n) is 1.98. The normalized spacial score (nSPS) is 17.5. The minimum absolute atomic E-state index is 0.280. The van der Waals surface area contributed by atoms with Crippen molar-refractivity contribution in [2.75, 3.05) is 0 Å². The third-order valence-corrected chi connectivity index (χ3v) is 4.17. The molecule has 2 aromatic rings. The summed E-state index contributed by atoms with van der Waals surface area (Å²) >= 11 is 2.04. The molecule has 6 heteroatoms. The number of aromatic nitrogens is 2. The van der Waals surface area contributed by atoms with Crippen molar-refractivity contribution in [3.63, 3.8) is 0 Å². The van der Waals surface area contributed by atoms with Gasteiger partial charge in [0, 0.05) is 3.57 Å². The Morgan fingerprint density at radius 1 is 1.39 bits per heavy atom. The van der Waals surface area contributed by atoms with E-state index in [1.54, 1.807) is 6.07 Å². The van der Waals surface area contributed by atoms with Gasteiger partial charge >= 0.3 is 0 Å². The third kappa shape index (κ3) is 1.93. The van der Waals surface area contributed by atoms with Gasteiger partial charge < -0.3 is 10.3 Å². The van der Waals surface area contributed by atoms with E-state index in [-0.39, 0.29) is 5.82 Å². The van der Waals surface area contributed by atoms with Crippen molar-refractivity contribution in [2.24, 2.45) is 5.73 Å². The summed E-state index contributed by atoms with van der Waals surface area (Å²) in [4.78, 5) is 4.33. The predicted octanol–water partition coefficient (Wildman–Crippen LogP) is 2.82. The molecule has 1 aromatic carbocycles. The Morgan fingerprint density at radius 3 is 2.78 bits per heavy atom. The van der Waals surface area contributed by atoms with E-state index in [1.165, 1.54) is 12.1 Å². The van der Waals surface area contributed by atoms with Crippen molar-refractivity contribution in [2.45, 2.75) is 24.8 Å². The van der Waals surface area contributed by atoms with Crippen LogP contribution in [0.25, 0.3) is 11.5 Å². The molecule has 1 aromatic heterocycles. The first kappa shape index (κ1) is 12.0. The molecule has 94 valence electrons. The van der Waals surface area contributed by atoms with Gasteiger partial charge in [-0.3, -0.25) is 0 Å². The number of rotatable bonds is 2. The number of hydrogen-bond donors (Lipinski definition) is 1. The summed E-state index contributed by atoms with van der Waals surface area (Å²) in [6.45, 7) is 0. The van der Waals surface area contributed by atoms with Gasteiger partial charge in [0.05, 0.1) is 11.1 Å². The minimum atomic E-state index is -0.437. The molecule has 18 heavy (non-hydrogen) atoms. The van der Waals surface area contributed by atoms with Crippen LogP contribution >= 0.6 is 22.6 Å². The smallest absolute Gasteiger partial charge is 0.259 e. The van der Waals surface area contributed by atoms with E-state index in [4.69, 9.17) is 10.3 Å². The van der Waals surface area contributed by atoms with E-state index in [9.17, 15) is 4.39 Å². The molecule has 1 fully saturated rings. The van der Waals surface area contributed by atoms with Crippen LogP contribution in [-0.2, 0) is 5.54 Å². The average molecular weight is 359 g/mol. The van der Waals surface area contributed by atoms with Crippen molar-refractivity contribution in [1.29, 1.82) is 0 Å². The van der Waals surface area contributed by atoms with Crippen LogP contribution in [-0.4, -0.2) is 10.1 Å². The maximum atomic E-state index is 13.0. The van der Waals surface area contributed by atoms with Gasteiger partial charge in [0.2, 0.25) is 0 Å². The Morgan fingerprint density at radius 2 is 2.17 bits per heavy atom. The number of hydrogen-bond acceptors (Lipinski definition) is 4. The number of benzene rings is 1. The Labute approximate surface area is 117 Å². The lowest BCUT2D eigenvalue weighted by atomic mass is 9.77. The molecule has 0 atom stereocenters. The van der Waals surface area contributed by atoms with Crippen LogP contribution in [0.15, 0.2) is 22.7 Å². The molecule has 0 unspecified atom stereocenters. The molecule has 0 amide bonds. The standard InChI is InChI=1S/C12H11FIN3O/c13-7-2-3-8(9(14)6-7)10-16-11(17-18-10)12(15)4-1-5-12/h2-3,6H,1,4-5,15H2. The number of halogens is 2. The number of nitrogens with zero attached hydrogens (tertiary/aromatic N) is 2. The van der Waals surface area contributed by atoms with Crippen molar-refractivity contribution in [3.8, 4) is 11.5 Å². The maximum absolute atomic E-state index is 13.0. The molecule has 3 rings (SSSR count). The second kappa shape index (κ2) is 4.27. The molecule has 0 spiro atoms. The maximum Gasteiger partial charge on any atom is 0.259 e. The van der Waals surface area contributed by atoms with Gasteiger partial charge in [-0.2, -0.15) is 4.98 Å². The Bertz CT molecular complexity index is 595. The Kier molecular flexibility index (Phi) is 2.86. The summed E-state index contributed by atoms with van der Waals surface area (Å²) in [6, 6.07) is 4.45. The Hall–Kier alpha value is -1.02. The minimum Gasteiger partial charge on any atom is -0.334 e. The zero-order chi connectivity index (χ0) is 12.8. The number of nitrogens with two attached hydrogens (primary N) is 1. The van der Waals surface area contributed by atoms with Gasteiger partial charge in [-0.05, 0) is 60.1 Å². The summed E-state index contributed by atoms with van der Waals surface area (Å²) in [5.41, 5.74) is 6.43. The average Bonchev–Trinajstić information content (AvgIpc) is 2.75. The van der Waals surface area contributed by atoms with Gasteiger partial charge in [-0.25, -0.2) is 4.39 Å². The van der Waals surface area contributed by atoms with Crippen LogP contribution in [0, 0.1) is 9.39 Å². The van der Waals surface area contributed by atoms with Crippen LogP contribution in [0.1, 0.15) is 25.1 Å². The predicted molar refractivity (Wildman–Crippen MR) is 72.1 cm³/mol. The van der Waals surface area contributed by atoms with Crippen molar-refractivity contribution >= 4 is 22.6 Å². The summed E-state index contributed by atoms with van der Waals surface area (Å²) in [6.07, 6.45) is 2.85. The van der Waals surface area contributed by atoms with Gasteiger partial charge in [-0.15, -0.1) is 0 Å². The molecule has 1 saturated carbocycles. The topological polar surface area (TPSA) is 64.9 Å². The van der Waals surface area contributed by atoms with E-state index >= 15 is 0 Å². The van der Waals surface area contributed by atoms with Crippen LogP contribution in [0.2, 0.25) is 0 Å². The molecule has 1 aliphatic rings. The second-order valence-electron chi connectivity index (χ2n) is 4.56. The van der Waals surface area contributed by atoms with Crippen LogP contribution in [0.3, 0.4) is 0 Å². The first-order chi connectivity index (χ1) is 8.58. The van der Waals surface area contributed by atoms with E-state index in [0.717, 1.165) is 28.4 Å².